The molecule has 1 aromatic rings. The van der Waals surface area contributed by atoms with Gasteiger partial charge in [-0.25, -0.2) is 13.6 Å². The summed E-state index contributed by atoms with van der Waals surface area (Å²) >= 11 is 0.927. The fraction of sp³-hybridized carbons (Fsp3) is 0.500. The van der Waals surface area contributed by atoms with Crippen LogP contribution < -0.4 is 5.32 Å². The second kappa shape index (κ2) is 6.27. The Hall–Kier alpha value is -1.54. The summed E-state index contributed by atoms with van der Waals surface area (Å²) in [7, 11) is 0. The summed E-state index contributed by atoms with van der Waals surface area (Å²) in [4.78, 5) is 23.3. The van der Waals surface area contributed by atoms with Crippen LogP contribution in [-0.2, 0) is 0 Å². The minimum absolute atomic E-state index is 0.00721. The summed E-state index contributed by atoms with van der Waals surface area (Å²) in [5, 5.41) is 20.3. The van der Waals surface area contributed by atoms with E-state index in [1.165, 1.54) is 13.0 Å². The van der Waals surface area contributed by atoms with Crippen LogP contribution in [0.2, 0.25) is 0 Å². The predicted molar refractivity (Wildman–Crippen MR) is 69.6 cm³/mol. The average Bonchev–Trinajstić information content (AvgIpc) is 2.70. The average molecular weight is 307 g/mol. The van der Waals surface area contributed by atoms with Gasteiger partial charge in [-0.2, -0.15) is 0 Å². The van der Waals surface area contributed by atoms with E-state index in [0.29, 0.717) is 4.88 Å². The number of carbonyl (C=O) groups is 2. The topological polar surface area (TPSA) is 86.6 Å². The van der Waals surface area contributed by atoms with Gasteiger partial charge in [0, 0.05) is 11.3 Å². The lowest BCUT2D eigenvalue weighted by Crippen LogP contribution is -2.50. The molecule has 0 aliphatic heterocycles. The number of aryl methyl sites for hydroxylation is 1. The number of alkyl halides is 2. The number of aliphatic hydroxyl groups is 1. The van der Waals surface area contributed by atoms with Crippen LogP contribution in [-0.4, -0.2) is 40.7 Å². The van der Waals surface area contributed by atoms with Crippen LogP contribution >= 0.6 is 11.3 Å². The number of aromatic carboxylic acids is 1. The maximum absolute atomic E-state index is 12.4. The number of thiophene rings is 1. The van der Waals surface area contributed by atoms with Gasteiger partial charge in [-0.3, -0.25) is 4.79 Å². The standard InChI is InChI=1S/C12H15F2NO4S/c1-6-7(3-8(20-6)11(18)19)10(17)15-12(2,5-16)4-9(13)14/h3,9,16H,4-5H2,1-2H3,(H,15,17)(H,18,19). The molecule has 1 heterocycles. The van der Waals surface area contributed by atoms with Crippen LogP contribution in [0.15, 0.2) is 6.07 Å². The normalized spacial score (nSPS) is 14.1. The number of carboxylic acid groups (broad SMARTS) is 1. The number of hydrogen-bond acceptors (Lipinski definition) is 4. The molecular weight excluding hydrogens is 292 g/mol. The van der Waals surface area contributed by atoms with Crippen LogP contribution in [0.5, 0.6) is 0 Å². The molecule has 3 N–H and O–H groups in total. The number of carbonyl (C=O) groups excluding carboxylic acids is 1. The lowest BCUT2D eigenvalue weighted by molar-refractivity contribution is 0.0586. The third kappa shape index (κ3) is 3.97. The van der Waals surface area contributed by atoms with E-state index in [4.69, 9.17) is 10.2 Å². The molecule has 0 aliphatic rings. The van der Waals surface area contributed by atoms with E-state index < -0.39 is 36.9 Å². The number of rotatable bonds is 6. The highest BCUT2D eigenvalue weighted by Gasteiger charge is 2.31. The highest BCUT2D eigenvalue weighted by Crippen LogP contribution is 2.23. The van der Waals surface area contributed by atoms with Crippen molar-refractivity contribution in [3.05, 3.63) is 21.4 Å². The maximum atomic E-state index is 12.4. The summed E-state index contributed by atoms with van der Waals surface area (Å²) in [6, 6.07) is 1.19. The molecule has 0 aromatic carbocycles. The molecule has 1 atom stereocenters. The molecule has 1 aromatic heterocycles. The van der Waals surface area contributed by atoms with Crippen molar-refractivity contribution in [2.24, 2.45) is 0 Å². The van der Waals surface area contributed by atoms with E-state index >= 15 is 0 Å². The monoisotopic (exact) mass is 307 g/mol. The van der Waals surface area contributed by atoms with E-state index in [1.807, 2.05) is 0 Å². The number of aliphatic hydroxyl groups excluding tert-OH is 1. The molecule has 0 saturated carbocycles. The summed E-state index contributed by atoms with van der Waals surface area (Å²) < 4.78 is 24.8. The Morgan fingerprint density at radius 3 is 2.50 bits per heavy atom. The van der Waals surface area contributed by atoms with Crippen LogP contribution in [0.3, 0.4) is 0 Å². The van der Waals surface area contributed by atoms with Crippen molar-refractivity contribution in [1.82, 2.24) is 5.32 Å². The molecule has 0 spiro atoms. The predicted octanol–water partition coefficient (Wildman–Crippen LogP) is 1.89. The molecule has 0 radical (unpaired) electrons. The third-order valence-electron chi connectivity index (χ3n) is 2.74. The van der Waals surface area contributed by atoms with E-state index in [0.717, 1.165) is 11.3 Å². The van der Waals surface area contributed by atoms with Gasteiger partial charge >= 0.3 is 5.97 Å². The SMILES string of the molecule is Cc1sc(C(=O)O)cc1C(=O)NC(C)(CO)CC(F)F. The first kappa shape index (κ1) is 16.5. The molecule has 0 bridgehead atoms. The van der Waals surface area contributed by atoms with Gasteiger partial charge in [0.2, 0.25) is 6.43 Å². The molecule has 0 aliphatic carbocycles. The first-order chi connectivity index (χ1) is 9.18. The van der Waals surface area contributed by atoms with Gasteiger partial charge in [0.05, 0.1) is 17.7 Å². The summed E-state index contributed by atoms with van der Waals surface area (Å²) in [6.45, 7) is 2.23. The summed E-state index contributed by atoms with van der Waals surface area (Å²) in [5.41, 5.74) is -1.34. The lowest BCUT2D eigenvalue weighted by Gasteiger charge is -2.28. The molecule has 112 valence electrons. The van der Waals surface area contributed by atoms with Gasteiger partial charge < -0.3 is 15.5 Å². The van der Waals surface area contributed by atoms with Gasteiger partial charge in [-0.1, -0.05) is 0 Å². The van der Waals surface area contributed by atoms with E-state index in [9.17, 15) is 18.4 Å². The number of nitrogens with one attached hydrogen (secondary N) is 1. The van der Waals surface area contributed by atoms with Gasteiger partial charge in [0.25, 0.3) is 5.91 Å². The van der Waals surface area contributed by atoms with E-state index in [2.05, 4.69) is 5.32 Å². The molecule has 1 unspecified atom stereocenters. The van der Waals surface area contributed by atoms with Gasteiger partial charge in [0.1, 0.15) is 4.88 Å². The van der Waals surface area contributed by atoms with Crippen LogP contribution in [0.1, 0.15) is 38.3 Å². The first-order valence-electron chi connectivity index (χ1n) is 5.74. The number of hydrogen-bond donors (Lipinski definition) is 3. The molecule has 0 saturated heterocycles. The molecule has 5 nitrogen and oxygen atoms in total. The van der Waals surface area contributed by atoms with Crippen LogP contribution in [0.4, 0.5) is 8.78 Å². The minimum atomic E-state index is -2.68. The number of halogens is 2. The summed E-state index contributed by atoms with van der Waals surface area (Å²) in [6.07, 6.45) is -3.37. The number of carboxylic acids is 1. The van der Waals surface area contributed by atoms with E-state index in [-0.39, 0.29) is 10.4 Å². The zero-order valence-electron chi connectivity index (χ0n) is 10.9. The van der Waals surface area contributed by atoms with Crippen molar-refractivity contribution in [2.75, 3.05) is 6.61 Å². The van der Waals surface area contributed by atoms with Crippen molar-refractivity contribution in [3.63, 3.8) is 0 Å². The molecule has 1 amide bonds. The Labute approximate surface area is 118 Å². The smallest absolute Gasteiger partial charge is 0.345 e. The second-order valence-electron chi connectivity index (χ2n) is 4.65. The Morgan fingerprint density at radius 1 is 1.50 bits per heavy atom. The van der Waals surface area contributed by atoms with Gasteiger partial charge in [0.15, 0.2) is 0 Å². The highest BCUT2D eigenvalue weighted by atomic mass is 32.1. The molecule has 1 rings (SSSR count). The molecule has 20 heavy (non-hydrogen) atoms. The second-order valence-corrected chi connectivity index (χ2v) is 5.91. The first-order valence-corrected chi connectivity index (χ1v) is 6.55. The lowest BCUT2D eigenvalue weighted by atomic mass is 9.98. The van der Waals surface area contributed by atoms with Crippen molar-refractivity contribution >= 4 is 23.2 Å². The van der Waals surface area contributed by atoms with Crippen LogP contribution in [0, 0.1) is 6.92 Å². The number of amides is 1. The minimum Gasteiger partial charge on any atom is -0.477 e. The van der Waals surface area contributed by atoms with E-state index in [1.54, 1.807) is 6.92 Å². The van der Waals surface area contributed by atoms with Gasteiger partial charge in [-0.05, 0) is 19.9 Å². The van der Waals surface area contributed by atoms with Crippen molar-refractivity contribution in [1.29, 1.82) is 0 Å². The molecule has 8 heteroatoms. The quantitative estimate of drug-likeness (QED) is 0.749. The Morgan fingerprint density at radius 2 is 2.10 bits per heavy atom. The maximum Gasteiger partial charge on any atom is 0.345 e. The molecule has 0 fully saturated rings. The summed E-state index contributed by atoms with van der Waals surface area (Å²) in [5.74, 6) is -1.84. The van der Waals surface area contributed by atoms with Crippen molar-refractivity contribution < 1.29 is 28.6 Å². The fourth-order valence-electron chi connectivity index (χ4n) is 1.65. The molecular formula is C12H15F2NO4S. The zero-order chi connectivity index (χ0) is 15.5. The van der Waals surface area contributed by atoms with Gasteiger partial charge in [-0.15, -0.1) is 11.3 Å². The Balaban J connectivity index is 2.92. The largest absolute Gasteiger partial charge is 0.477 e. The Kier molecular flexibility index (Phi) is 5.18. The highest BCUT2D eigenvalue weighted by molar-refractivity contribution is 7.14. The third-order valence-corrected chi connectivity index (χ3v) is 3.78. The van der Waals surface area contributed by atoms with Crippen LogP contribution in [0.25, 0.3) is 0 Å². The zero-order valence-corrected chi connectivity index (χ0v) is 11.8. The van der Waals surface area contributed by atoms with Crippen molar-refractivity contribution in [2.45, 2.75) is 32.2 Å². The Bertz CT molecular complexity index is 518. The van der Waals surface area contributed by atoms with Crippen molar-refractivity contribution in [3.8, 4) is 0 Å². The fourth-order valence-corrected chi connectivity index (χ4v) is 2.51.